The third-order valence-corrected chi connectivity index (χ3v) is 5.41. The molecule has 4 amide bonds. The zero-order valence-corrected chi connectivity index (χ0v) is 16.0. The summed E-state index contributed by atoms with van der Waals surface area (Å²) >= 11 is 0. The molecule has 0 saturated carbocycles. The lowest BCUT2D eigenvalue weighted by Gasteiger charge is -2.29. The summed E-state index contributed by atoms with van der Waals surface area (Å²) < 4.78 is 5.27. The molecule has 2 fully saturated rings. The van der Waals surface area contributed by atoms with Gasteiger partial charge in [-0.15, -0.1) is 0 Å². The van der Waals surface area contributed by atoms with E-state index >= 15 is 0 Å². The predicted molar refractivity (Wildman–Crippen MR) is 106 cm³/mol. The molecular formula is C22H23N3O4. The largest absolute Gasteiger partial charge is 0.378 e. The maximum Gasteiger partial charge on any atom is 0.325 e. The number of nitrogens with one attached hydrogen (secondary N) is 1. The fourth-order valence-corrected chi connectivity index (χ4v) is 3.86. The summed E-state index contributed by atoms with van der Waals surface area (Å²) in [5.41, 5.74) is 0.389. The third-order valence-electron chi connectivity index (χ3n) is 5.41. The van der Waals surface area contributed by atoms with Crippen LogP contribution < -0.4 is 5.32 Å². The van der Waals surface area contributed by atoms with Gasteiger partial charge in [-0.2, -0.15) is 0 Å². The minimum atomic E-state index is -1.23. The van der Waals surface area contributed by atoms with Gasteiger partial charge in [-0.25, -0.2) is 4.79 Å². The average Bonchev–Trinajstić information content (AvgIpc) is 3.00. The molecule has 0 aromatic heterocycles. The zero-order chi connectivity index (χ0) is 20.3. The number of benzene rings is 2. The Hall–Kier alpha value is -3.19. The molecule has 2 aromatic carbocycles. The Bertz CT molecular complexity index is 897. The van der Waals surface area contributed by atoms with Crippen molar-refractivity contribution in [3.8, 4) is 0 Å². The molecule has 1 N–H and O–H groups in total. The summed E-state index contributed by atoms with van der Waals surface area (Å²) in [4.78, 5) is 41.6. The van der Waals surface area contributed by atoms with E-state index in [1.54, 1.807) is 4.90 Å². The van der Waals surface area contributed by atoms with Crippen molar-refractivity contribution in [2.45, 2.75) is 12.0 Å². The highest BCUT2D eigenvalue weighted by Crippen LogP contribution is 2.33. The number of urea groups is 1. The molecule has 7 nitrogen and oxygen atoms in total. The van der Waals surface area contributed by atoms with Gasteiger partial charge in [-0.3, -0.25) is 14.5 Å². The Morgan fingerprint density at radius 2 is 1.59 bits per heavy atom. The van der Waals surface area contributed by atoms with E-state index in [2.05, 4.69) is 5.32 Å². The van der Waals surface area contributed by atoms with Crippen LogP contribution in [0.5, 0.6) is 0 Å². The minimum Gasteiger partial charge on any atom is -0.378 e. The van der Waals surface area contributed by atoms with Crippen LogP contribution in [0.25, 0.3) is 0 Å². The predicted octanol–water partition coefficient (Wildman–Crippen LogP) is 1.54. The van der Waals surface area contributed by atoms with Crippen LogP contribution in [0, 0.1) is 0 Å². The van der Waals surface area contributed by atoms with E-state index in [1.807, 2.05) is 60.7 Å². The molecule has 2 aromatic rings. The van der Waals surface area contributed by atoms with Crippen molar-refractivity contribution in [2.24, 2.45) is 0 Å². The van der Waals surface area contributed by atoms with Crippen LogP contribution in [-0.4, -0.2) is 60.5 Å². The number of hydrogen-bond acceptors (Lipinski definition) is 4. The molecule has 2 aliphatic rings. The summed E-state index contributed by atoms with van der Waals surface area (Å²) in [6.45, 7) is 1.60. The molecule has 0 aliphatic carbocycles. The molecule has 29 heavy (non-hydrogen) atoms. The molecule has 2 saturated heterocycles. The van der Waals surface area contributed by atoms with Gasteiger partial charge in [0.05, 0.1) is 13.2 Å². The first-order valence-corrected chi connectivity index (χ1v) is 9.69. The number of amides is 4. The number of rotatable bonds is 5. The standard InChI is InChI=1S/C22H23N3O4/c26-19(24-11-13-29-14-12-24)16-25-20(27)22(23-21(25)28,18-9-5-2-6-10-18)15-17-7-3-1-4-8-17/h1-10H,11-16H2,(H,23,28)/t22-/m1/s1. The van der Waals surface area contributed by atoms with Gasteiger partial charge >= 0.3 is 6.03 Å². The first-order valence-electron chi connectivity index (χ1n) is 9.69. The summed E-state index contributed by atoms with van der Waals surface area (Å²) in [6, 6.07) is 18.2. The van der Waals surface area contributed by atoms with Gasteiger partial charge in [0.25, 0.3) is 5.91 Å². The highest BCUT2D eigenvalue weighted by atomic mass is 16.5. The Labute approximate surface area is 169 Å². The fraction of sp³-hybridized carbons (Fsp3) is 0.318. The van der Waals surface area contributed by atoms with Crippen LogP contribution in [0.15, 0.2) is 60.7 Å². The van der Waals surface area contributed by atoms with Crippen molar-refractivity contribution < 1.29 is 19.1 Å². The maximum atomic E-state index is 13.5. The van der Waals surface area contributed by atoms with Crippen LogP contribution in [-0.2, 0) is 26.3 Å². The minimum absolute atomic E-state index is 0.250. The number of imide groups is 1. The number of carbonyl (C=O) groups excluding carboxylic acids is 3. The smallest absolute Gasteiger partial charge is 0.325 e. The van der Waals surface area contributed by atoms with Crippen molar-refractivity contribution in [1.29, 1.82) is 0 Å². The van der Waals surface area contributed by atoms with E-state index in [1.165, 1.54) is 0 Å². The Morgan fingerprint density at radius 1 is 0.966 bits per heavy atom. The van der Waals surface area contributed by atoms with Crippen molar-refractivity contribution in [2.75, 3.05) is 32.8 Å². The van der Waals surface area contributed by atoms with Gasteiger partial charge in [-0.05, 0) is 11.1 Å². The Morgan fingerprint density at radius 3 is 2.24 bits per heavy atom. The van der Waals surface area contributed by atoms with Crippen LogP contribution in [0.3, 0.4) is 0 Å². The first kappa shape index (κ1) is 19.1. The molecule has 0 radical (unpaired) electrons. The first-order chi connectivity index (χ1) is 14.1. The molecule has 7 heteroatoms. The van der Waals surface area contributed by atoms with Crippen molar-refractivity contribution in [1.82, 2.24) is 15.1 Å². The number of morpholine rings is 1. The lowest BCUT2D eigenvalue weighted by Crippen LogP contribution is -2.48. The van der Waals surface area contributed by atoms with E-state index in [-0.39, 0.29) is 12.5 Å². The van der Waals surface area contributed by atoms with Crippen molar-refractivity contribution >= 4 is 17.8 Å². The van der Waals surface area contributed by atoms with E-state index in [9.17, 15) is 14.4 Å². The van der Waals surface area contributed by atoms with E-state index in [4.69, 9.17) is 4.74 Å². The normalized spacial score (nSPS) is 21.9. The van der Waals surface area contributed by atoms with Crippen LogP contribution in [0.2, 0.25) is 0 Å². The Kier molecular flexibility index (Phi) is 5.31. The summed E-state index contributed by atoms with van der Waals surface area (Å²) in [5.74, 6) is -0.653. The lowest BCUT2D eigenvalue weighted by molar-refractivity contribution is -0.141. The highest BCUT2D eigenvalue weighted by Gasteiger charge is 2.52. The summed E-state index contributed by atoms with van der Waals surface area (Å²) in [5, 5.41) is 2.88. The molecule has 2 aliphatic heterocycles. The molecular weight excluding hydrogens is 370 g/mol. The zero-order valence-electron chi connectivity index (χ0n) is 16.0. The summed E-state index contributed by atoms with van der Waals surface area (Å²) in [7, 11) is 0. The average molecular weight is 393 g/mol. The van der Waals surface area contributed by atoms with Crippen molar-refractivity contribution in [3.05, 3.63) is 71.8 Å². The number of hydrogen-bond donors (Lipinski definition) is 1. The molecule has 0 spiro atoms. The van der Waals surface area contributed by atoms with Crippen LogP contribution in [0.4, 0.5) is 4.79 Å². The van der Waals surface area contributed by atoms with Gasteiger partial charge in [0.1, 0.15) is 6.54 Å². The quantitative estimate of drug-likeness (QED) is 0.782. The molecule has 0 unspecified atom stereocenters. The second-order valence-electron chi connectivity index (χ2n) is 7.25. The topological polar surface area (TPSA) is 79.0 Å². The van der Waals surface area contributed by atoms with E-state index in [0.717, 1.165) is 10.5 Å². The maximum absolute atomic E-state index is 13.5. The molecule has 2 heterocycles. The summed E-state index contributed by atoms with van der Waals surface area (Å²) in [6.07, 6.45) is 0.310. The number of ether oxygens (including phenoxy) is 1. The second kappa shape index (κ2) is 8.05. The highest BCUT2D eigenvalue weighted by molar-refractivity contribution is 6.09. The number of nitrogens with zero attached hydrogens (tertiary/aromatic N) is 2. The third kappa shape index (κ3) is 3.73. The number of carbonyl (C=O) groups is 3. The van der Waals surface area contributed by atoms with Gasteiger partial charge < -0.3 is 15.0 Å². The second-order valence-corrected chi connectivity index (χ2v) is 7.25. The molecule has 4 rings (SSSR count). The SMILES string of the molecule is O=C(CN1C(=O)N[C@](Cc2ccccc2)(c2ccccc2)C1=O)N1CCOCC1. The fourth-order valence-electron chi connectivity index (χ4n) is 3.86. The van der Waals surface area contributed by atoms with Gasteiger partial charge in [0.2, 0.25) is 5.91 Å². The van der Waals surface area contributed by atoms with Crippen LogP contribution >= 0.6 is 0 Å². The van der Waals surface area contributed by atoms with E-state index < -0.39 is 17.5 Å². The lowest BCUT2D eigenvalue weighted by atomic mass is 9.83. The van der Waals surface area contributed by atoms with Gasteiger partial charge in [-0.1, -0.05) is 60.7 Å². The van der Waals surface area contributed by atoms with Gasteiger partial charge in [0.15, 0.2) is 5.54 Å². The molecule has 0 bridgehead atoms. The molecule has 1 atom stereocenters. The Balaban J connectivity index is 1.63. The molecule has 150 valence electrons. The van der Waals surface area contributed by atoms with Crippen LogP contribution in [0.1, 0.15) is 11.1 Å². The monoisotopic (exact) mass is 393 g/mol. The van der Waals surface area contributed by atoms with E-state index in [0.29, 0.717) is 38.3 Å². The van der Waals surface area contributed by atoms with Gasteiger partial charge in [0, 0.05) is 19.5 Å². The van der Waals surface area contributed by atoms with Crippen molar-refractivity contribution in [3.63, 3.8) is 0 Å².